The van der Waals surface area contributed by atoms with Gasteiger partial charge in [0.25, 0.3) is 0 Å². The summed E-state index contributed by atoms with van der Waals surface area (Å²) in [4.78, 5) is 11.7. The first-order valence-electron chi connectivity index (χ1n) is 5.37. The molecule has 4 nitrogen and oxygen atoms in total. The number of hydrogen-bond donors (Lipinski definition) is 1. The highest BCUT2D eigenvalue weighted by Gasteiger charge is 2.01. The minimum atomic E-state index is -0.150. The Morgan fingerprint density at radius 2 is 2.22 bits per heavy atom. The minimum Gasteiger partial charge on any atom is -0.322 e. The van der Waals surface area contributed by atoms with E-state index < -0.39 is 0 Å². The van der Waals surface area contributed by atoms with Gasteiger partial charge in [-0.2, -0.15) is 5.10 Å². The molecular formula is C13H12IN3O. The Kier molecular flexibility index (Phi) is 4.14. The summed E-state index contributed by atoms with van der Waals surface area (Å²) >= 11 is 2.18. The summed E-state index contributed by atoms with van der Waals surface area (Å²) in [5, 5.41) is 6.85. The molecule has 1 aromatic carbocycles. The molecule has 92 valence electrons. The number of rotatable bonds is 3. The number of carbonyl (C=O) groups is 1. The van der Waals surface area contributed by atoms with E-state index in [-0.39, 0.29) is 5.91 Å². The van der Waals surface area contributed by atoms with Crippen molar-refractivity contribution in [1.82, 2.24) is 9.78 Å². The molecular weight excluding hydrogens is 341 g/mol. The topological polar surface area (TPSA) is 46.9 Å². The van der Waals surface area contributed by atoms with Gasteiger partial charge in [0.2, 0.25) is 5.91 Å². The number of nitrogens with one attached hydrogen (secondary N) is 1. The first-order chi connectivity index (χ1) is 8.65. The summed E-state index contributed by atoms with van der Waals surface area (Å²) in [5.74, 6) is -0.150. The van der Waals surface area contributed by atoms with Crippen LogP contribution in [-0.4, -0.2) is 15.7 Å². The first-order valence-corrected chi connectivity index (χ1v) is 6.45. The van der Waals surface area contributed by atoms with Gasteiger partial charge in [-0.15, -0.1) is 0 Å². The zero-order valence-corrected chi connectivity index (χ0v) is 12.0. The molecule has 18 heavy (non-hydrogen) atoms. The highest BCUT2D eigenvalue weighted by Crippen LogP contribution is 2.16. The van der Waals surface area contributed by atoms with Gasteiger partial charge in [-0.3, -0.25) is 9.48 Å². The molecule has 0 spiro atoms. The lowest BCUT2D eigenvalue weighted by molar-refractivity contribution is -0.111. The van der Waals surface area contributed by atoms with E-state index in [9.17, 15) is 4.79 Å². The second-order valence-corrected chi connectivity index (χ2v) is 4.91. The Hall–Kier alpha value is -1.63. The van der Waals surface area contributed by atoms with Crippen LogP contribution in [0.15, 0.2) is 42.7 Å². The molecule has 1 aromatic heterocycles. The zero-order chi connectivity index (χ0) is 13.0. The summed E-state index contributed by atoms with van der Waals surface area (Å²) in [5.41, 5.74) is 1.72. The predicted octanol–water partition coefficient (Wildman–Crippen LogP) is 2.68. The van der Waals surface area contributed by atoms with Crippen molar-refractivity contribution in [3.8, 4) is 0 Å². The van der Waals surface area contributed by atoms with E-state index in [1.54, 1.807) is 17.0 Å². The van der Waals surface area contributed by atoms with Gasteiger partial charge in [-0.25, -0.2) is 0 Å². The third-order valence-electron chi connectivity index (χ3n) is 2.28. The van der Waals surface area contributed by atoms with E-state index in [2.05, 4.69) is 33.0 Å². The third-order valence-corrected chi connectivity index (χ3v) is 3.22. The number of para-hydroxylation sites is 1. The van der Waals surface area contributed by atoms with Crippen molar-refractivity contribution in [2.24, 2.45) is 7.05 Å². The van der Waals surface area contributed by atoms with Gasteiger partial charge in [-0.1, -0.05) is 12.1 Å². The number of halogens is 1. The molecule has 0 saturated heterocycles. The van der Waals surface area contributed by atoms with E-state index in [0.717, 1.165) is 14.8 Å². The predicted molar refractivity (Wildman–Crippen MR) is 80.0 cm³/mol. The average molecular weight is 353 g/mol. The Balaban J connectivity index is 2.01. The first kappa shape index (κ1) is 12.8. The molecule has 0 fully saturated rings. The molecule has 2 rings (SSSR count). The maximum Gasteiger partial charge on any atom is 0.248 e. The molecule has 5 heteroatoms. The van der Waals surface area contributed by atoms with Gasteiger partial charge in [0.1, 0.15) is 0 Å². The van der Waals surface area contributed by atoms with Crippen LogP contribution >= 0.6 is 22.6 Å². The van der Waals surface area contributed by atoms with Crippen molar-refractivity contribution in [3.05, 3.63) is 51.9 Å². The second-order valence-electron chi connectivity index (χ2n) is 3.75. The largest absolute Gasteiger partial charge is 0.322 e. The van der Waals surface area contributed by atoms with Gasteiger partial charge in [-0.05, 0) is 40.8 Å². The summed E-state index contributed by atoms with van der Waals surface area (Å²) in [7, 11) is 1.84. The standard InChI is InChI=1S/C13H12IN3O/c1-17-9-10(8-15-17)6-7-13(18)16-12-5-3-2-4-11(12)14/h2-9H,1H3,(H,16,18)/b7-6+. The van der Waals surface area contributed by atoms with Crippen LogP contribution < -0.4 is 5.32 Å². The molecule has 0 atom stereocenters. The van der Waals surface area contributed by atoms with Crippen LogP contribution in [-0.2, 0) is 11.8 Å². The average Bonchev–Trinajstić information content (AvgIpc) is 2.76. The number of nitrogens with zero attached hydrogens (tertiary/aromatic N) is 2. The normalized spacial score (nSPS) is 10.8. The van der Waals surface area contributed by atoms with Gasteiger partial charge >= 0.3 is 0 Å². The number of anilines is 1. The lowest BCUT2D eigenvalue weighted by atomic mass is 10.3. The highest BCUT2D eigenvalue weighted by molar-refractivity contribution is 14.1. The van der Waals surface area contributed by atoms with Crippen LogP contribution in [0.1, 0.15) is 5.56 Å². The fourth-order valence-corrected chi connectivity index (χ4v) is 1.96. The van der Waals surface area contributed by atoms with E-state index in [1.807, 2.05) is 37.5 Å². The van der Waals surface area contributed by atoms with Gasteiger partial charge in [0, 0.05) is 28.5 Å². The number of benzene rings is 1. The lowest BCUT2D eigenvalue weighted by Gasteiger charge is -2.03. The van der Waals surface area contributed by atoms with Crippen molar-refractivity contribution >= 4 is 40.3 Å². The Labute approximate surface area is 119 Å². The molecule has 0 bridgehead atoms. The maximum absolute atomic E-state index is 11.7. The monoisotopic (exact) mass is 353 g/mol. The lowest BCUT2D eigenvalue weighted by Crippen LogP contribution is -2.08. The van der Waals surface area contributed by atoms with Crippen molar-refractivity contribution in [2.45, 2.75) is 0 Å². The molecule has 0 aliphatic carbocycles. The number of aromatic nitrogens is 2. The quantitative estimate of drug-likeness (QED) is 0.681. The third kappa shape index (κ3) is 3.43. The van der Waals surface area contributed by atoms with Crippen LogP contribution in [0.2, 0.25) is 0 Å². The number of amides is 1. The molecule has 1 amide bonds. The molecule has 0 aliphatic heterocycles. The van der Waals surface area contributed by atoms with Crippen LogP contribution in [0.3, 0.4) is 0 Å². The van der Waals surface area contributed by atoms with E-state index in [4.69, 9.17) is 0 Å². The zero-order valence-electron chi connectivity index (χ0n) is 9.80. The van der Waals surface area contributed by atoms with Crippen LogP contribution in [0.4, 0.5) is 5.69 Å². The van der Waals surface area contributed by atoms with E-state index in [1.165, 1.54) is 6.08 Å². The van der Waals surface area contributed by atoms with Crippen LogP contribution in [0.25, 0.3) is 6.08 Å². The van der Waals surface area contributed by atoms with Crippen molar-refractivity contribution in [3.63, 3.8) is 0 Å². The van der Waals surface area contributed by atoms with Crippen LogP contribution in [0, 0.1) is 3.57 Å². The minimum absolute atomic E-state index is 0.150. The number of carbonyl (C=O) groups excluding carboxylic acids is 1. The van der Waals surface area contributed by atoms with Gasteiger partial charge in [0.15, 0.2) is 0 Å². The van der Waals surface area contributed by atoms with Gasteiger partial charge < -0.3 is 5.32 Å². The van der Waals surface area contributed by atoms with E-state index in [0.29, 0.717) is 0 Å². The second kappa shape index (κ2) is 5.81. The SMILES string of the molecule is Cn1cc(/C=C/C(=O)Nc2ccccc2I)cn1. The highest BCUT2D eigenvalue weighted by atomic mass is 127. The molecule has 0 saturated carbocycles. The smallest absolute Gasteiger partial charge is 0.248 e. The summed E-state index contributed by atoms with van der Waals surface area (Å²) in [6.07, 6.45) is 6.78. The maximum atomic E-state index is 11.7. The number of hydrogen-bond acceptors (Lipinski definition) is 2. The van der Waals surface area contributed by atoms with Crippen LogP contribution in [0.5, 0.6) is 0 Å². The Bertz CT molecular complexity index is 589. The van der Waals surface area contributed by atoms with E-state index >= 15 is 0 Å². The van der Waals surface area contributed by atoms with Crippen molar-refractivity contribution < 1.29 is 4.79 Å². The summed E-state index contributed by atoms with van der Waals surface area (Å²) < 4.78 is 2.70. The Morgan fingerprint density at radius 3 is 2.89 bits per heavy atom. The molecule has 0 radical (unpaired) electrons. The molecule has 1 heterocycles. The molecule has 0 aliphatic rings. The summed E-state index contributed by atoms with van der Waals surface area (Å²) in [6, 6.07) is 7.64. The van der Waals surface area contributed by atoms with Crippen molar-refractivity contribution in [2.75, 3.05) is 5.32 Å². The molecule has 0 unspecified atom stereocenters. The van der Waals surface area contributed by atoms with Crippen molar-refractivity contribution in [1.29, 1.82) is 0 Å². The molecule has 2 aromatic rings. The fraction of sp³-hybridized carbons (Fsp3) is 0.0769. The fourth-order valence-electron chi connectivity index (χ4n) is 1.44. The summed E-state index contributed by atoms with van der Waals surface area (Å²) in [6.45, 7) is 0. The Morgan fingerprint density at radius 1 is 1.44 bits per heavy atom. The number of aryl methyl sites for hydroxylation is 1. The van der Waals surface area contributed by atoms with Gasteiger partial charge in [0.05, 0.1) is 11.9 Å². The molecule has 1 N–H and O–H groups in total.